The molecule has 0 aliphatic rings. The molecule has 0 fully saturated rings. The average molecular weight is 356 g/mol. The zero-order chi connectivity index (χ0) is 17.8. The Morgan fingerprint density at radius 3 is 2.80 bits per heavy atom. The third-order valence-electron chi connectivity index (χ3n) is 3.45. The van der Waals surface area contributed by atoms with E-state index in [0.717, 1.165) is 5.39 Å². The van der Waals surface area contributed by atoms with Gasteiger partial charge >= 0.3 is 5.97 Å². The predicted octanol–water partition coefficient (Wildman–Crippen LogP) is 4.52. The first-order valence-electron chi connectivity index (χ1n) is 7.42. The zero-order valence-corrected chi connectivity index (χ0v) is 14.0. The van der Waals surface area contributed by atoms with E-state index in [9.17, 15) is 9.59 Å². The summed E-state index contributed by atoms with van der Waals surface area (Å²) in [6, 6.07) is 13.6. The molecule has 1 amide bonds. The van der Waals surface area contributed by atoms with Gasteiger partial charge in [0.2, 0.25) is 5.91 Å². The van der Waals surface area contributed by atoms with Crippen LogP contribution in [0.15, 0.2) is 59.0 Å². The van der Waals surface area contributed by atoms with Crippen LogP contribution in [0.4, 0.5) is 5.69 Å². The molecule has 2 aromatic carbocycles. The van der Waals surface area contributed by atoms with E-state index in [-0.39, 0.29) is 5.91 Å². The van der Waals surface area contributed by atoms with E-state index in [4.69, 9.17) is 16.0 Å². The van der Waals surface area contributed by atoms with Crippen LogP contribution in [0.3, 0.4) is 0 Å². The second-order valence-electron chi connectivity index (χ2n) is 5.23. The first-order valence-corrected chi connectivity index (χ1v) is 7.79. The van der Waals surface area contributed by atoms with Crippen LogP contribution < -0.4 is 5.32 Å². The summed E-state index contributed by atoms with van der Waals surface area (Å²) >= 11 is 5.93. The monoisotopic (exact) mass is 355 g/mol. The molecule has 25 heavy (non-hydrogen) atoms. The molecule has 6 heteroatoms. The highest BCUT2D eigenvalue weighted by Crippen LogP contribution is 2.23. The average Bonchev–Trinajstić information content (AvgIpc) is 3.01. The van der Waals surface area contributed by atoms with Crippen molar-refractivity contribution in [1.29, 1.82) is 0 Å². The number of hydrogen-bond acceptors (Lipinski definition) is 4. The second kappa shape index (κ2) is 7.23. The summed E-state index contributed by atoms with van der Waals surface area (Å²) in [7, 11) is 1.30. The lowest BCUT2D eigenvalue weighted by molar-refractivity contribution is -0.111. The minimum Gasteiger partial charge on any atom is -0.465 e. The van der Waals surface area contributed by atoms with Crippen molar-refractivity contribution in [3.63, 3.8) is 0 Å². The third kappa shape index (κ3) is 4.08. The number of benzene rings is 2. The number of ether oxygens (including phenoxy) is 1. The van der Waals surface area contributed by atoms with Crippen LogP contribution in [0.5, 0.6) is 0 Å². The summed E-state index contributed by atoms with van der Waals surface area (Å²) in [5.41, 5.74) is 1.54. The van der Waals surface area contributed by atoms with Gasteiger partial charge in [-0.1, -0.05) is 17.7 Å². The van der Waals surface area contributed by atoms with Crippen LogP contribution in [0.1, 0.15) is 16.1 Å². The highest BCUT2D eigenvalue weighted by molar-refractivity contribution is 6.31. The summed E-state index contributed by atoms with van der Waals surface area (Å²) in [4.78, 5) is 23.5. The lowest BCUT2D eigenvalue weighted by Gasteiger charge is -2.04. The van der Waals surface area contributed by atoms with Gasteiger partial charge in [-0.3, -0.25) is 4.79 Å². The number of esters is 1. The number of carbonyl (C=O) groups is 2. The van der Waals surface area contributed by atoms with Crippen molar-refractivity contribution in [1.82, 2.24) is 0 Å². The Kier molecular flexibility index (Phi) is 4.86. The fourth-order valence-corrected chi connectivity index (χ4v) is 2.48. The van der Waals surface area contributed by atoms with Gasteiger partial charge < -0.3 is 14.5 Å². The van der Waals surface area contributed by atoms with Crippen LogP contribution in [-0.4, -0.2) is 19.0 Å². The number of hydrogen-bond donors (Lipinski definition) is 1. The van der Waals surface area contributed by atoms with E-state index < -0.39 is 5.97 Å². The third-order valence-corrected chi connectivity index (χ3v) is 3.68. The molecule has 1 aromatic heterocycles. The maximum Gasteiger partial charge on any atom is 0.337 e. The highest BCUT2D eigenvalue weighted by atomic mass is 35.5. The number of fused-ring (bicyclic) bond motifs is 1. The molecule has 126 valence electrons. The number of rotatable bonds is 4. The molecule has 0 atom stereocenters. The molecule has 0 radical (unpaired) electrons. The molecule has 0 unspecified atom stereocenters. The van der Waals surface area contributed by atoms with E-state index in [1.54, 1.807) is 54.6 Å². The summed E-state index contributed by atoms with van der Waals surface area (Å²) < 4.78 is 10.3. The van der Waals surface area contributed by atoms with Gasteiger partial charge in [-0.15, -0.1) is 0 Å². The Morgan fingerprint density at radius 1 is 1.16 bits per heavy atom. The lowest BCUT2D eigenvalue weighted by Crippen LogP contribution is -2.09. The Bertz CT molecular complexity index is 974. The van der Waals surface area contributed by atoms with Gasteiger partial charge in [-0.25, -0.2) is 4.79 Å². The number of carbonyl (C=O) groups excluding carboxylic acids is 2. The quantitative estimate of drug-likeness (QED) is 0.551. The van der Waals surface area contributed by atoms with E-state index in [0.29, 0.717) is 27.6 Å². The van der Waals surface area contributed by atoms with E-state index >= 15 is 0 Å². The molecule has 1 heterocycles. The molecule has 1 N–H and O–H groups in total. The molecule has 0 saturated heterocycles. The first-order chi connectivity index (χ1) is 12.0. The SMILES string of the molecule is COC(=O)c1cccc(NC(=O)/C=C/c2cc3cc(Cl)ccc3o2)c1. The summed E-state index contributed by atoms with van der Waals surface area (Å²) in [5, 5.41) is 4.16. The molecule has 0 aliphatic heterocycles. The van der Waals surface area contributed by atoms with E-state index in [1.165, 1.54) is 13.2 Å². The number of methoxy groups -OCH3 is 1. The lowest BCUT2D eigenvalue weighted by atomic mass is 10.2. The summed E-state index contributed by atoms with van der Waals surface area (Å²) in [5.74, 6) is -0.274. The normalized spacial score (nSPS) is 11.0. The highest BCUT2D eigenvalue weighted by Gasteiger charge is 2.07. The van der Waals surface area contributed by atoms with Crippen LogP contribution >= 0.6 is 11.6 Å². The van der Waals surface area contributed by atoms with E-state index in [1.807, 2.05) is 0 Å². The van der Waals surface area contributed by atoms with E-state index in [2.05, 4.69) is 10.1 Å². The smallest absolute Gasteiger partial charge is 0.337 e. The van der Waals surface area contributed by atoms with Gasteiger partial charge in [-0.2, -0.15) is 0 Å². The van der Waals surface area contributed by atoms with Crippen LogP contribution in [0.25, 0.3) is 17.0 Å². The fraction of sp³-hybridized carbons (Fsp3) is 0.0526. The molecule has 0 saturated carbocycles. The van der Waals surface area contributed by atoms with Crippen LogP contribution in [0, 0.1) is 0 Å². The number of amides is 1. The van der Waals surface area contributed by atoms with Crippen molar-refractivity contribution >= 4 is 46.2 Å². The Balaban J connectivity index is 1.71. The van der Waals surface area contributed by atoms with Gasteiger partial charge in [-0.05, 0) is 48.5 Å². The largest absolute Gasteiger partial charge is 0.465 e. The Hall–Kier alpha value is -3.05. The molecular weight excluding hydrogens is 342 g/mol. The van der Waals surface area contributed by atoms with Crippen molar-refractivity contribution in [2.24, 2.45) is 0 Å². The number of furan rings is 1. The molecule has 0 bridgehead atoms. The van der Waals surface area contributed by atoms with Crippen LogP contribution in [0.2, 0.25) is 5.02 Å². The van der Waals surface area contributed by atoms with Crippen molar-refractivity contribution < 1.29 is 18.7 Å². The topological polar surface area (TPSA) is 68.5 Å². The maximum absolute atomic E-state index is 12.0. The van der Waals surface area contributed by atoms with Crippen molar-refractivity contribution in [2.45, 2.75) is 0 Å². The number of halogens is 1. The second-order valence-corrected chi connectivity index (χ2v) is 5.66. The maximum atomic E-state index is 12.0. The van der Waals surface area contributed by atoms with Crippen LogP contribution in [-0.2, 0) is 9.53 Å². The van der Waals surface area contributed by atoms with Gasteiger partial charge in [0.05, 0.1) is 12.7 Å². The first kappa shape index (κ1) is 16.8. The van der Waals surface area contributed by atoms with Crippen molar-refractivity contribution in [3.05, 3.63) is 71.0 Å². The van der Waals surface area contributed by atoms with Gasteiger partial charge in [0.1, 0.15) is 11.3 Å². The Labute approximate surface area is 148 Å². The minimum absolute atomic E-state index is 0.347. The summed E-state index contributed by atoms with van der Waals surface area (Å²) in [6.07, 6.45) is 2.91. The molecule has 5 nitrogen and oxygen atoms in total. The molecular formula is C19H14ClNO4. The predicted molar refractivity (Wildman–Crippen MR) is 96.7 cm³/mol. The molecule has 3 aromatic rings. The van der Waals surface area contributed by atoms with Gasteiger partial charge in [0, 0.05) is 22.2 Å². The number of anilines is 1. The number of nitrogens with one attached hydrogen (secondary N) is 1. The minimum atomic E-state index is -0.465. The summed E-state index contributed by atoms with van der Waals surface area (Å²) in [6.45, 7) is 0. The zero-order valence-electron chi connectivity index (χ0n) is 13.3. The molecule has 0 spiro atoms. The van der Waals surface area contributed by atoms with Gasteiger partial charge in [0.15, 0.2) is 0 Å². The fourth-order valence-electron chi connectivity index (χ4n) is 2.30. The standard InChI is InChI=1S/C19H14ClNO4/c1-24-19(23)12-3-2-4-15(10-12)21-18(22)8-6-16-11-13-9-14(20)5-7-17(13)25-16/h2-11H,1H3,(H,21,22)/b8-6+. The molecule has 3 rings (SSSR count). The van der Waals surface area contributed by atoms with Gasteiger partial charge in [0.25, 0.3) is 0 Å². The molecule has 0 aliphatic carbocycles. The van der Waals surface area contributed by atoms with Crippen molar-refractivity contribution in [3.8, 4) is 0 Å². The Morgan fingerprint density at radius 2 is 2.00 bits per heavy atom. The van der Waals surface area contributed by atoms with Crippen molar-refractivity contribution in [2.75, 3.05) is 12.4 Å².